The van der Waals surface area contributed by atoms with Crippen LogP contribution in [0, 0.1) is 5.92 Å². The van der Waals surface area contributed by atoms with Gasteiger partial charge in [0.25, 0.3) is 10.0 Å². The molecule has 1 unspecified atom stereocenters. The van der Waals surface area contributed by atoms with Gasteiger partial charge in [-0.2, -0.15) is 13.2 Å². The molecule has 0 amide bonds. The molecule has 0 saturated carbocycles. The van der Waals surface area contributed by atoms with E-state index in [2.05, 4.69) is 0 Å². The lowest BCUT2D eigenvalue weighted by molar-refractivity contribution is -0.156. The number of hydrogen-bond donors (Lipinski definition) is 1. The summed E-state index contributed by atoms with van der Waals surface area (Å²) in [5.74, 6) is -4.31. The molecule has 220 valence electrons. The minimum absolute atomic E-state index is 0.0249. The van der Waals surface area contributed by atoms with Crippen LogP contribution in [0.4, 0.5) is 19.0 Å². The Morgan fingerprint density at radius 3 is 2.15 bits per heavy atom. The van der Waals surface area contributed by atoms with Crippen LogP contribution in [-0.4, -0.2) is 35.9 Å². The Morgan fingerprint density at radius 2 is 1.61 bits per heavy atom. The van der Waals surface area contributed by atoms with E-state index in [1.165, 1.54) is 43.3 Å². The predicted octanol–water partition coefficient (Wildman–Crippen LogP) is 7.40. The molecule has 2 N–H and O–H groups in total. The number of alkyl halides is 3. The molecule has 1 atom stereocenters. The van der Waals surface area contributed by atoms with Crippen molar-refractivity contribution in [1.29, 1.82) is 0 Å². The van der Waals surface area contributed by atoms with Gasteiger partial charge in [0.15, 0.2) is 0 Å². The number of halogens is 5. The van der Waals surface area contributed by atoms with Crippen molar-refractivity contribution < 1.29 is 35.9 Å². The number of nitrogens with zero attached hydrogens (tertiary/aromatic N) is 1. The molecule has 3 aromatic rings. The Balaban J connectivity index is 2.32. The summed E-state index contributed by atoms with van der Waals surface area (Å²) in [7, 11) is -4.56. The highest BCUT2D eigenvalue weighted by Crippen LogP contribution is 2.37. The first kappa shape index (κ1) is 32.2. The molecule has 0 aliphatic carbocycles. The van der Waals surface area contributed by atoms with Gasteiger partial charge in [0.05, 0.1) is 32.0 Å². The SMILES string of the molecule is C/C(=C/C(C)C(F)(F)F)c1cc(C(=O)c2c(Cl)ccc(C(=O)OC(C)(C)C)c2Cl)n(S(=O)(=O)c2ccccc2)c1N. The summed E-state index contributed by atoms with van der Waals surface area (Å²) in [6, 6.07) is 10.5. The lowest BCUT2D eigenvalue weighted by Gasteiger charge is -2.20. The van der Waals surface area contributed by atoms with Crippen molar-refractivity contribution in [3.63, 3.8) is 0 Å². The van der Waals surface area contributed by atoms with Gasteiger partial charge < -0.3 is 10.5 Å². The number of carbonyl (C=O) groups is 2. The number of ketones is 1. The fourth-order valence-electron chi connectivity index (χ4n) is 3.88. The zero-order chi connectivity index (χ0) is 31.1. The zero-order valence-electron chi connectivity index (χ0n) is 22.6. The van der Waals surface area contributed by atoms with Gasteiger partial charge in [0.1, 0.15) is 17.1 Å². The number of anilines is 1. The Labute approximate surface area is 245 Å². The number of benzene rings is 2. The summed E-state index contributed by atoms with van der Waals surface area (Å²) in [5, 5.41) is -0.616. The predicted molar refractivity (Wildman–Crippen MR) is 152 cm³/mol. The van der Waals surface area contributed by atoms with Gasteiger partial charge in [-0.15, -0.1) is 0 Å². The van der Waals surface area contributed by atoms with E-state index in [1.54, 1.807) is 26.8 Å². The Bertz CT molecular complexity index is 1640. The van der Waals surface area contributed by atoms with Gasteiger partial charge in [-0.25, -0.2) is 17.2 Å². The largest absolute Gasteiger partial charge is 0.456 e. The highest BCUT2D eigenvalue weighted by Gasteiger charge is 2.36. The average Bonchev–Trinajstić information content (AvgIpc) is 3.20. The van der Waals surface area contributed by atoms with E-state index in [9.17, 15) is 31.2 Å². The summed E-state index contributed by atoms with van der Waals surface area (Å²) in [6.07, 6.45) is -3.71. The second-order valence-corrected chi connectivity index (χ2v) is 12.8. The number of esters is 1. The Kier molecular flexibility index (Phi) is 9.07. The molecule has 7 nitrogen and oxygen atoms in total. The third-order valence-electron chi connectivity index (χ3n) is 5.89. The van der Waals surface area contributed by atoms with E-state index < -0.39 is 61.6 Å². The first-order chi connectivity index (χ1) is 18.8. The van der Waals surface area contributed by atoms with Crippen LogP contribution in [0.5, 0.6) is 0 Å². The number of aromatic nitrogens is 1. The van der Waals surface area contributed by atoms with Gasteiger partial charge in [-0.05, 0) is 63.6 Å². The van der Waals surface area contributed by atoms with E-state index in [-0.39, 0.29) is 26.6 Å². The van der Waals surface area contributed by atoms with E-state index >= 15 is 0 Å². The normalized spacial score (nSPS) is 13.7. The van der Waals surface area contributed by atoms with E-state index in [0.717, 1.165) is 19.1 Å². The van der Waals surface area contributed by atoms with Crippen LogP contribution in [-0.2, 0) is 14.8 Å². The molecule has 0 bridgehead atoms. The molecule has 0 radical (unpaired) electrons. The summed E-state index contributed by atoms with van der Waals surface area (Å²) in [6.45, 7) is 7.11. The molecule has 0 fully saturated rings. The molecule has 3 rings (SSSR count). The third-order valence-corrected chi connectivity index (χ3v) is 8.34. The van der Waals surface area contributed by atoms with Crippen molar-refractivity contribution in [2.75, 3.05) is 5.73 Å². The highest BCUT2D eigenvalue weighted by atomic mass is 35.5. The van der Waals surface area contributed by atoms with Crippen molar-refractivity contribution in [2.45, 2.75) is 51.3 Å². The molecule has 0 aliphatic heterocycles. The Hall–Kier alpha value is -3.28. The molecule has 41 heavy (non-hydrogen) atoms. The van der Waals surface area contributed by atoms with Crippen LogP contribution >= 0.6 is 23.2 Å². The topological polar surface area (TPSA) is 108 Å². The monoisotopic (exact) mass is 630 g/mol. The smallest absolute Gasteiger partial charge is 0.394 e. The molecular formula is C28H27Cl2F3N2O5S. The number of nitrogens with two attached hydrogens (primary N) is 1. The van der Waals surface area contributed by atoms with Crippen LogP contribution in [0.15, 0.2) is 59.5 Å². The second-order valence-electron chi connectivity index (χ2n) is 10.2. The van der Waals surface area contributed by atoms with Crippen molar-refractivity contribution in [2.24, 2.45) is 5.92 Å². The number of ether oxygens (including phenoxy) is 1. The number of allylic oxidation sites excluding steroid dienone is 2. The fourth-order valence-corrected chi connectivity index (χ4v) is 5.96. The van der Waals surface area contributed by atoms with Crippen molar-refractivity contribution in [1.82, 2.24) is 3.97 Å². The van der Waals surface area contributed by atoms with Crippen LogP contribution in [0.1, 0.15) is 66.6 Å². The minimum atomic E-state index is -4.57. The molecule has 0 aliphatic rings. The third kappa shape index (κ3) is 6.79. The maximum absolute atomic E-state index is 14.0. The van der Waals surface area contributed by atoms with Crippen molar-refractivity contribution >= 4 is 56.4 Å². The second kappa shape index (κ2) is 11.5. The standard InChI is InChI=1S/C28H27Cl2F3N2O5S/c1-15(13-16(2)28(31,32)33)19-14-21(35(25(19)34)41(38,39)17-9-7-6-8-10-17)24(36)22-20(29)12-11-18(23(22)30)26(37)40-27(3,4)5/h6-14,16H,34H2,1-5H3/b15-13-. The quantitative estimate of drug-likeness (QED) is 0.215. The fraction of sp³-hybridized carbons (Fsp3) is 0.286. The molecule has 0 spiro atoms. The molecule has 2 aromatic carbocycles. The van der Waals surface area contributed by atoms with Gasteiger partial charge in [0.2, 0.25) is 5.78 Å². The van der Waals surface area contributed by atoms with Crippen LogP contribution in [0.2, 0.25) is 10.0 Å². The summed E-state index contributed by atoms with van der Waals surface area (Å²) < 4.78 is 73.1. The average molecular weight is 632 g/mol. The number of carbonyl (C=O) groups excluding carboxylic acids is 2. The maximum atomic E-state index is 14.0. The zero-order valence-corrected chi connectivity index (χ0v) is 25.0. The highest BCUT2D eigenvalue weighted by molar-refractivity contribution is 7.90. The lowest BCUT2D eigenvalue weighted by atomic mass is 10.0. The molecular weight excluding hydrogens is 604 g/mol. The summed E-state index contributed by atoms with van der Waals surface area (Å²) in [5.41, 5.74) is 3.99. The number of rotatable bonds is 7. The van der Waals surface area contributed by atoms with Gasteiger partial charge in [0, 0.05) is 5.56 Å². The first-order valence-corrected chi connectivity index (χ1v) is 14.3. The first-order valence-electron chi connectivity index (χ1n) is 12.1. The van der Waals surface area contributed by atoms with Crippen LogP contribution in [0.3, 0.4) is 0 Å². The summed E-state index contributed by atoms with van der Waals surface area (Å²) in [4.78, 5) is 26.5. The molecule has 1 aromatic heterocycles. The van der Waals surface area contributed by atoms with Gasteiger partial charge >= 0.3 is 12.1 Å². The minimum Gasteiger partial charge on any atom is -0.456 e. The van der Waals surface area contributed by atoms with Crippen LogP contribution < -0.4 is 5.73 Å². The van der Waals surface area contributed by atoms with Gasteiger partial charge in [-0.1, -0.05) is 54.4 Å². The number of nitrogen functional groups attached to an aromatic ring is 1. The number of hydrogen-bond acceptors (Lipinski definition) is 6. The van der Waals surface area contributed by atoms with Crippen molar-refractivity contribution in [3.8, 4) is 0 Å². The Morgan fingerprint density at radius 1 is 1.02 bits per heavy atom. The lowest BCUT2D eigenvalue weighted by Crippen LogP contribution is -2.25. The van der Waals surface area contributed by atoms with E-state index in [1.807, 2.05) is 0 Å². The van der Waals surface area contributed by atoms with E-state index in [4.69, 9.17) is 33.7 Å². The molecule has 0 saturated heterocycles. The maximum Gasteiger partial charge on any atom is 0.394 e. The van der Waals surface area contributed by atoms with Crippen LogP contribution in [0.25, 0.3) is 5.57 Å². The molecule has 13 heteroatoms. The van der Waals surface area contributed by atoms with Gasteiger partial charge in [-0.3, -0.25) is 4.79 Å². The van der Waals surface area contributed by atoms with Crippen molar-refractivity contribution in [3.05, 3.63) is 87.0 Å². The van der Waals surface area contributed by atoms with E-state index in [0.29, 0.717) is 3.97 Å². The summed E-state index contributed by atoms with van der Waals surface area (Å²) >= 11 is 12.8. The molecule has 1 heterocycles.